The van der Waals surface area contributed by atoms with Gasteiger partial charge in [0.15, 0.2) is 17.5 Å². The molecule has 294 valence electrons. The van der Waals surface area contributed by atoms with Gasteiger partial charge in [-0.15, -0.1) is 11.3 Å². The molecule has 0 aliphatic carbocycles. The summed E-state index contributed by atoms with van der Waals surface area (Å²) in [6, 6.07) is 72.5. The van der Waals surface area contributed by atoms with Crippen molar-refractivity contribution in [2.45, 2.75) is 0 Å². The first-order valence-electron chi connectivity index (χ1n) is 21.1. The molecule has 13 aromatic rings. The molecule has 0 fully saturated rings. The number of thiophene rings is 1. The maximum atomic E-state index is 6.98. The zero-order valence-corrected chi connectivity index (χ0v) is 34.6. The summed E-state index contributed by atoms with van der Waals surface area (Å²) in [5.41, 5.74) is 12.2. The minimum absolute atomic E-state index is 0.612. The van der Waals surface area contributed by atoms with Gasteiger partial charge in [0.2, 0.25) is 0 Å². The van der Waals surface area contributed by atoms with Crippen molar-refractivity contribution in [3.8, 4) is 62.1 Å². The molecule has 0 saturated carbocycles. The Morgan fingerprint density at radius 1 is 0.381 bits per heavy atom. The monoisotopic (exact) mass is 822 g/mol. The average molecular weight is 823 g/mol. The van der Waals surface area contributed by atoms with E-state index in [0.29, 0.717) is 17.5 Å². The Hall–Kier alpha value is -8.19. The van der Waals surface area contributed by atoms with Crippen LogP contribution < -0.4 is 0 Å². The van der Waals surface area contributed by atoms with Crippen molar-refractivity contribution in [1.82, 2.24) is 19.5 Å². The van der Waals surface area contributed by atoms with Crippen molar-refractivity contribution in [2.24, 2.45) is 0 Å². The fourth-order valence-electron chi connectivity index (χ4n) is 9.32. The summed E-state index contributed by atoms with van der Waals surface area (Å²) in [6.07, 6.45) is 0. The second-order valence-electron chi connectivity index (χ2n) is 16.0. The molecule has 0 saturated heterocycles. The quantitative estimate of drug-likeness (QED) is 0.168. The summed E-state index contributed by atoms with van der Waals surface area (Å²) in [5.74, 6) is 1.87. The average Bonchev–Trinajstić information content (AvgIpc) is 4.04. The van der Waals surface area contributed by atoms with Gasteiger partial charge in [-0.3, -0.25) is 0 Å². The molecule has 0 aliphatic rings. The molecule has 0 amide bonds. The fourth-order valence-corrected chi connectivity index (χ4v) is 10.6. The van der Waals surface area contributed by atoms with Crippen LogP contribution in [0.2, 0.25) is 0 Å². The van der Waals surface area contributed by atoms with Crippen molar-refractivity contribution in [3.63, 3.8) is 0 Å². The summed E-state index contributed by atoms with van der Waals surface area (Å²) in [4.78, 5) is 15.1. The van der Waals surface area contributed by atoms with Gasteiger partial charge >= 0.3 is 0 Å². The number of rotatable bonds is 6. The number of nitrogens with zero attached hydrogens (tertiary/aromatic N) is 4. The number of furan rings is 1. The van der Waals surface area contributed by atoms with Gasteiger partial charge in [-0.2, -0.15) is 0 Å². The van der Waals surface area contributed by atoms with Crippen molar-refractivity contribution in [1.29, 1.82) is 0 Å². The van der Waals surface area contributed by atoms with Gasteiger partial charge in [0.1, 0.15) is 11.2 Å². The Kier molecular flexibility index (Phi) is 8.01. The fraction of sp³-hybridized carbons (Fsp3) is 0. The summed E-state index contributed by atoms with van der Waals surface area (Å²) >= 11 is 1.86. The van der Waals surface area contributed by atoms with Crippen LogP contribution in [0, 0.1) is 0 Å². The summed E-state index contributed by atoms with van der Waals surface area (Å²) < 4.78 is 12.0. The second-order valence-corrected chi connectivity index (χ2v) is 17.0. The molecule has 4 aromatic heterocycles. The lowest BCUT2D eigenvalue weighted by Gasteiger charge is -2.12. The molecule has 6 heteroatoms. The number of para-hydroxylation sites is 1. The van der Waals surface area contributed by atoms with Crippen LogP contribution in [0.5, 0.6) is 0 Å². The summed E-state index contributed by atoms with van der Waals surface area (Å²) in [5, 5.41) is 7.17. The van der Waals surface area contributed by atoms with Gasteiger partial charge in [-0.05, 0) is 64.7 Å². The van der Waals surface area contributed by atoms with E-state index in [1.807, 2.05) is 72.0 Å². The Morgan fingerprint density at radius 3 is 1.71 bits per heavy atom. The predicted octanol–water partition coefficient (Wildman–Crippen LogP) is 15.6. The molecule has 9 aromatic carbocycles. The van der Waals surface area contributed by atoms with Gasteiger partial charge < -0.3 is 8.98 Å². The van der Waals surface area contributed by atoms with E-state index in [0.717, 1.165) is 66.6 Å². The third-order valence-corrected chi connectivity index (χ3v) is 13.4. The van der Waals surface area contributed by atoms with Gasteiger partial charge in [-0.25, -0.2) is 15.0 Å². The number of aromatic nitrogens is 4. The van der Waals surface area contributed by atoms with E-state index in [-0.39, 0.29) is 0 Å². The molecular formula is C57H34N4OS. The highest BCUT2D eigenvalue weighted by atomic mass is 32.1. The minimum atomic E-state index is 0.612. The molecule has 0 atom stereocenters. The van der Waals surface area contributed by atoms with E-state index in [1.165, 1.54) is 42.0 Å². The van der Waals surface area contributed by atoms with Gasteiger partial charge in [0.25, 0.3) is 0 Å². The van der Waals surface area contributed by atoms with Gasteiger partial charge in [0.05, 0.1) is 15.7 Å². The topological polar surface area (TPSA) is 56.7 Å². The Morgan fingerprint density at radius 2 is 0.968 bits per heavy atom. The van der Waals surface area contributed by atoms with Gasteiger partial charge in [0, 0.05) is 65.5 Å². The van der Waals surface area contributed by atoms with Crippen LogP contribution in [0.4, 0.5) is 0 Å². The standard InChI is InChI=1S/C57H34N4OS/c1-4-15-35(16-5-1)40-32-47(38-21-14-22-39(31-38)57-59-55(36-17-6-2-7-18-36)58-56(60-57)37-19-8-3-9-20-37)52-46-28-27-41(34-49(46)62-50(52)33-40)61-48-25-12-10-23-42(48)44-29-30-45-43-24-11-13-26-51(43)63-54(45)53(44)61/h1-34H. The molecule has 63 heavy (non-hydrogen) atoms. The molecule has 0 unspecified atom stereocenters. The molecule has 0 N–H and O–H groups in total. The summed E-state index contributed by atoms with van der Waals surface area (Å²) in [7, 11) is 0. The van der Waals surface area contributed by atoms with Crippen molar-refractivity contribution < 1.29 is 4.42 Å². The molecule has 0 bridgehead atoms. The first-order chi connectivity index (χ1) is 31.2. The maximum absolute atomic E-state index is 6.98. The molecular weight excluding hydrogens is 789 g/mol. The molecule has 0 radical (unpaired) electrons. The molecule has 0 aliphatic heterocycles. The first-order valence-corrected chi connectivity index (χ1v) is 21.9. The lowest BCUT2D eigenvalue weighted by molar-refractivity contribution is 0.669. The second kappa shape index (κ2) is 14.2. The van der Waals surface area contributed by atoms with E-state index in [1.54, 1.807) is 0 Å². The third kappa shape index (κ3) is 5.80. The molecule has 0 spiro atoms. The van der Waals surface area contributed by atoms with E-state index < -0.39 is 0 Å². The van der Waals surface area contributed by atoms with Crippen LogP contribution in [0.25, 0.3) is 126 Å². The summed E-state index contributed by atoms with van der Waals surface area (Å²) in [6.45, 7) is 0. The highest BCUT2D eigenvalue weighted by Crippen LogP contribution is 2.45. The van der Waals surface area contributed by atoms with Crippen molar-refractivity contribution in [3.05, 3.63) is 206 Å². The van der Waals surface area contributed by atoms with Gasteiger partial charge in [-0.1, -0.05) is 158 Å². The third-order valence-electron chi connectivity index (χ3n) is 12.2. The van der Waals surface area contributed by atoms with Crippen molar-refractivity contribution in [2.75, 3.05) is 0 Å². The maximum Gasteiger partial charge on any atom is 0.164 e. The molecule has 5 nitrogen and oxygen atoms in total. The minimum Gasteiger partial charge on any atom is -0.456 e. The number of benzene rings is 9. The highest BCUT2D eigenvalue weighted by Gasteiger charge is 2.21. The number of hydrogen-bond donors (Lipinski definition) is 0. The van der Waals surface area contributed by atoms with E-state index >= 15 is 0 Å². The van der Waals surface area contributed by atoms with E-state index in [9.17, 15) is 0 Å². The van der Waals surface area contributed by atoms with Crippen LogP contribution in [-0.4, -0.2) is 19.5 Å². The van der Waals surface area contributed by atoms with E-state index in [4.69, 9.17) is 19.4 Å². The normalized spacial score (nSPS) is 11.8. The van der Waals surface area contributed by atoms with Crippen LogP contribution >= 0.6 is 11.3 Å². The Labute approximate surface area is 365 Å². The highest BCUT2D eigenvalue weighted by molar-refractivity contribution is 7.26. The van der Waals surface area contributed by atoms with Crippen LogP contribution in [-0.2, 0) is 0 Å². The molecule has 4 heterocycles. The van der Waals surface area contributed by atoms with E-state index in [2.05, 4.69) is 150 Å². The zero-order valence-electron chi connectivity index (χ0n) is 33.7. The predicted molar refractivity (Wildman–Crippen MR) is 262 cm³/mol. The largest absolute Gasteiger partial charge is 0.456 e. The smallest absolute Gasteiger partial charge is 0.164 e. The van der Waals surface area contributed by atoms with Crippen LogP contribution in [0.3, 0.4) is 0 Å². The Bertz CT molecular complexity index is 3850. The first kappa shape index (κ1) is 35.6. The van der Waals surface area contributed by atoms with Crippen LogP contribution in [0.1, 0.15) is 0 Å². The number of hydrogen-bond acceptors (Lipinski definition) is 5. The zero-order chi connectivity index (χ0) is 41.4. The van der Waals surface area contributed by atoms with Crippen molar-refractivity contribution >= 4 is 75.3 Å². The lowest BCUT2D eigenvalue weighted by Crippen LogP contribution is -2.00. The molecule has 13 rings (SSSR count). The number of fused-ring (bicyclic) bond motifs is 10. The Balaban J connectivity index is 1.02. The SMILES string of the molecule is c1ccc(-c2cc(-c3cccc(-c4nc(-c5ccccc5)nc(-c5ccccc5)n4)c3)c3c(c2)oc2cc(-n4c5ccccc5c5ccc6c7ccccc7sc6c54)ccc23)cc1. The van der Waals surface area contributed by atoms with Crippen LogP contribution in [0.15, 0.2) is 211 Å². The lowest BCUT2D eigenvalue weighted by atomic mass is 9.93.